The molecular formula is C11H12N4O3. The molecule has 0 radical (unpaired) electrons. The summed E-state index contributed by atoms with van der Waals surface area (Å²) in [6.07, 6.45) is 0. The molecule has 18 heavy (non-hydrogen) atoms. The maximum atomic E-state index is 11.9. The largest absolute Gasteiger partial charge is 0.467 e. The fraction of sp³-hybridized carbons (Fsp3) is 0.273. The Morgan fingerprint density at radius 1 is 1.33 bits per heavy atom. The van der Waals surface area contributed by atoms with E-state index in [2.05, 4.69) is 25.5 Å². The van der Waals surface area contributed by atoms with Gasteiger partial charge in [0.1, 0.15) is 17.1 Å². The lowest BCUT2D eigenvalue weighted by atomic mass is 10.2. The number of aromatic nitrogens is 3. The molecule has 0 aliphatic carbocycles. The van der Waals surface area contributed by atoms with Crippen molar-refractivity contribution in [2.45, 2.75) is 13.0 Å². The van der Waals surface area contributed by atoms with Gasteiger partial charge in [0.2, 0.25) is 0 Å². The number of fused-ring (bicyclic) bond motifs is 1. The quantitative estimate of drug-likeness (QED) is 0.759. The number of rotatable bonds is 3. The maximum Gasteiger partial charge on any atom is 0.328 e. The molecule has 7 nitrogen and oxygen atoms in total. The summed E-state index contributed by atoms with van der Waals surface area (Å²) in [6, 6.07) is 4.19. The minimum Gasteiger partial charge on any atom is -0.467 e. The van der Waals surface area contributed by atoms with E-state index in [0.717, 1.165) is 0 Å². The predicted octanol–water partition coefficient (Wildman–Crippen LogP) is 0.249. The van der Waals surface area contributed by atoms with Crippen LogP contribution >= 0.6 is 0 Å². The van der Waals surface area contributed by atoms with Crippen molar-refractivity contribution in [1.82, 2.24) is 20.7 Å². The molecule has 1 atom stereocenters. The van der Waals surface area contributed by atoms with Gasteiger partial charge in [-0.3, -0.25) is 4.79 Å². The number of benzene rings is 1. The van der Waals surface area contributed by atoms with Crippen LogP contribution in [0.3, 0.4) is 0 Å². The number of nitrogens with zero attached hydrogens (tertiary/aromatic N) is 2. The molecule has 2 rings (SSSR count). The Morgan fingerprint density at radius 2 is 2.06 bits per heavy atom. The molecule has 2 N–H and O–H groups in total. The Kier molecular flexibility index (Phi) is 3.22. The summed E-state index contributed by atoms with van der Waals surface area (Å²) in [6.45, 7) is 1.55. The van der Waals surface area contributed by atoms with E-state index in [1.165, 1.54) is 7.11 Å². The van der Waals surface area contributed by atoms with Crippen molar-refractivity contribution in [2.24, 2.45) is 0 Å². The molecule has 0 saturated heterocycles. The number of esters is 1. The van der Waals surface area contributed by atoms with E-state index in [1.54, 1.807) is 25.1 Å². The van der Waals surface area contributed by atoms with Gasteiger partial charge in [0.05, 0.1) is 7.11 Å². The number of aromatic amines is 1. The summed E-state index contributed by atoms with van der Waals surface area (Å²) in [5.74, 6) is -0.858. The summed E-state index contributed by atoms with van der Waals surface area (Å²) < 4.78 is 4.53. The first-order valence-corrected chi connectivity index (χ1v) is 5.31. The lowest BCUT2D eigenvalue weighted by molar-refractivity contribution is -0.142. The van der Waals surface area contributed by atoms with Gasteiger partial charge in [-0.1, -0.05) is 0 Å². The van der Waals surface area contributed by atoms with Crippen LogP contribution in [0.2, 0.25) is 0 Å². The van der Waals surface area contributed by atoms with Gasteiger partial charge < -0.3 is 10.1 Å². The van der Waals surface area contributed by atoms with Crippen molar-refractivity contribution in [3.05, 3.63) is 23.8 Å². The van der Waals surface area contributed by atoms with Crippen molar-refractivity contribution >= 4 is 22.9 Å². The summed E-state index contributed by atoms with van der Waals surface area (Å²) >= 11 is 0. The number of nitrogens with one attached hydrogen (secondary N) is 2. The maximum absolute atomic E-state index is 11.9. The molecule has 1 aromatic carbocycles. The first-order chi connectivity index (χ1) is 8.61. The summed E-state index contributed by atoms with van der Waals surface area (Å²) in [5.41, 5.74) is 1.67. The van der Waals surface area contributed by atoms with Crippen LogP contribution in [-0.4, -0.2) is 40.4 Å². The van der Waals surface area contributed by atoms with Crippen LogP contribution in [0.25, 0.3) is 11.0 Å². The average molecular weight is 248 g/mol. The second-order valence-corrected chi connectivity index (χ2v) is 3.75. The van der Waals surface area contributed by atoms with Crippen LogP contribution in [0.15, 0.2) is 18.2 Å². The van der Waals surface area contributed by atoms with Crippen LogP contribution in [-0.2, 0) is 9.53 Å². The lowest BCUT2D eigenvalue weighted by Crippen LogP contribution is -2.39. The highest BCUT2D eigenvalue weighted by Crippen LogP contribution is 2.10. The predicted molar refractivity (Wildman–Crippen MR) is 62.8 cm³/mol. The average Bonchev–Trinajstić information content (AvgIpc) is 2.84. The smallest absolute Gasteiger partial charge is 0.328 e. The fourth-order valence-corrected chi connectivity index (χ4v) is 1.50. The van der Waals surface area contributed by atoms with Crippen molar-refractivity contribution in [1.29, 1.82) is 0 Å². The van der Waals surface area contributed by atoms with Crippen LogP contribution in [0.1, 0.15) is 17.3 Å². The minimum atomic E-state index is -0.699. The van der Waals surface area contributed by atoms with Gasteiger partial charge in [-0.05, 0) is 25.1 Å². The molecular weight excluding hydrogens is 236 g/mol. The standard InChI is InChI=1S/C11H12N4O3/c1-6(11(17)18-2)12-10(16)7-3-4-8-9(5-7)14-15-13-8/h3-6H,1-2H3,(H,12,16)(H,13,14,15). The summed E-state index contributed by atoms with van der Waals surface area (Å²) in [7, 11) is 1.27. The Labute approximate surface area is 103 Å². The van der Waals surface area contributed by atoms with Crippen LogP contribution in [0.5, 0.6) is 0 Å². The number of hydrogen-bond donors (Lipinski definition) is 2. The molecule has 1 aromatic heterocycles. The SMILES string of the molecule is COC(=O)C(C)NC(=O)c1ccc2n[nH]nc2c1. The van der Waals surface area contributed by atoms with E-state index in [-0.39, 0.29) is 5.91 Å². The molecule has 0 bridgehead atoms. The fourth-order valence-electron chi connectivity index (χ4n) is 1.50. The molecule has 0 saturated carbocycles. The third-order valence-corrected chi connectivity index (χ3v) is 2.48. The van der Waals surface area contributed by atoms with Gasteiger partial charge in [-0.15, -0.1) is 0 Å². The van der Waals surface area contributed by atoms with Gasteiger partial charge in [-0.2, -0.15) is 15.4 Å². The highest BCUT2D eigenvalue weighted by molar-refractivity contribution is 5.99. The van der Waals surface area contributed by atoms with Crippen molar-refractivity contribution < 1.29 is 14.3 Å². The Balaban J connectivity index is 2.15. The molecule has 0 fully saturated rings. The van der Waals surface area contributed by atoms with E-state index in [9.17, 15) is 9.59 Å². The summed E-state index contributed by atoms with van der Waals surface area (Å²) in [5, 5.41) is 12.8. The van der Waals surface area contributed by atoms with Crippen molar-refractivity contribution in [3.8, 4) is 0 Å². The zero-order chi connectivity index (χ0) is 13.1. The van der Waals surface area contributed by atoms with E-state index < -0.39 is 12.0 Å². The molecule has 94 valence electrons. The van der Waals surface area contributed by atoms with Gasteiger partial charge in [-0.25, -0.2) is 4.79 Å². The van der Waals surface area contributed by atoms with Gasteiger partial charge in [0.15, 0.2) is 0 Å². The van der Waals surface area contributed by atoms with Crippen molar-refractivity contribution in [2.75, 3.05) is 7.11 Å². The van der Waals surface area contributed by atoms with Gasteiger partial charge >= 0.3 is 5.97 Å². The number of methoxy groups -OCH3 is 1. The molecule has 1 heterocycles. The van der Waals surface area contributed by atoms with E-state index in [1.807, 2.05) is 0 Å². The van der Waals surface area contributed by atoms with Crippen LogP contribution < -0.4 is 5.32 Å². The third kappa shape index (κ3) is 2.29. The Morgan fingerprint density at radius 3 is 2.78 bits per heavy atom. The zero-order valence-electron chi connectivity index (χ0n) is 9.93. The normalized spacial score (nSPS) is 12.1. The van der Waals surface area contributed by atoms with E-state index in [4.69, 9.17) is 0 Å². The highest BCUT2D eigenvalue weighted by Gasteiger charge is 2.17. The molecule has 0 spiro atoms. The van der Waals surface area contributed by atoms with Gasteiger partial charge in [0, 0.05) is 5.56 Å². The molecule has 1 unspecified atom stereocenters. The van der Waals surface area contributed by atoms with E-state index in [0.29, 0.717) is 16.6 Å². The van der Waals surface area contributed by atoms with E-state index >= 15 is 0 Å². The second-order valence-electron chi connectivity index (χ2n) is 3.75. The van der Waals surface area contributed by atoms with Gasteiger partial charge in [0.25, 0.3) is 5.91 Å². The molecule has 2 aromatic rings. The molecule has 1 amide bonds. The molecule has 0 aliphatic heterocycles. The monoisotopic (exact) mass is 248 g/mol. The highest BCUT2D eigenvalue weighted by atomic mass is 16.5. The number of carbonyl (C=O) groups is 2. The lowest BCUT2D eigenvalue weighted by Gasteiger charge is -2.11. The molecule has 7 heteroatoms. The Bertz CT molecular complexity index is 593. The summed E-state index contributed by atoms with van der Waals surface area (Å²) in [4.78, 5) is 23.0. The van der Waals surface area contributed by atoms with Crippen LogP contribution in [0, 0.1) is 0 Å². The number of carbonyl (C=O) groups excluding carboxylic acids is 2. The van der Waals surface area contributed by atoms with Crippen molar-refractivity contribution in [3.63, 3.8) is 0 Å². The first-order valence-electron chi connectivity index (χ1n) is 5.31. The number of hydrogen-bond acceptors (Lipinski definition) is 5. The topological polar surface area (TPSA) is 97.0 Å². The molecule has 0 aliphatic rings. The number of amides is 1. The first kappa shape index (κ1) is 12.0. The second kappa shape index (κ2) is 4.82. The Hall–Kier alpha value is -2.44. The zero-order valence-corrected chi connectivity index (χ0v) is 9.93. The number of ether oxygens (including phenoxy) is 1. The third-order valence-electron chi connectivity index (χ3n) is 2.48. The number of H-pyrrole nitrogens is 1. The minimum absolute atomic E-state index is 0.363. The van der Waals surface area contributed by atoms with Crippen LogP contribution in [0.4, 0.5) is 0 Å².